The quantitative estimate of drug-likeness (QED) is 0.429. The second-order valence-electron chi connectivity index (χ2n) is 6.76. The molecule has 1 aromatic heterocycles. The molecule has 4 rings (SSSR count). The van der Waals surface area contributed by atoms with Gasteiger partial charge in [0, 0.05) is 11.1 Å². The molecule has 0 bridgehead atoms. The molecule has 0 saturated carbocycles. The molecule has 2 nitrogen and oxygen atoms in total. The van der Waals surface area contributed by atoms with Crippen molar-refractivity contribution in [3.8, 4) is 23.1 Å². The first-order chi connectivity index (χ1) is 13.8. The minimum absolute atomic E-state index is 0.711. The molecule has 0 fully saturated rings. The summed E-state index contributed by atoms with van der Waals surface area (Å²) in [6.45, 7) is 4.31. The summed E-state index contributed by atoms with van der Waals surface area (Å²) in [5.41, 5.74) is 7.94. The summed E-state index contributed by atoms with van der Waals surface area (Å²) >= 11 is 0. The van der Waals surface area contributed by atoms with Gasteiger partial charge in [-0.3, -0.25) is 0 Å². The maximum Gasteiger partial charge on any atom is 0.140 e. The number of rotatable bonds is 3. The van der Waals surface area contributed by atoms with E-state index in [9.17, 15) is 0 Å². The Kier molecular flexibility index (Phi) is 5.17. The summed E-state index contributed by atoms with van der Waals surface area (Å²) < 4.78 is 0. The van der Waals surface area contributed by atoms with E-state index in [2.05, 4.69) is 74.2 Å². The fourth-order valence-corrected chi connectivity index (χ4v) is 3.14. The van der Waals surface area contributed by atoms with Crippen LogP contribution in [0.2, 0.25) is 0 Å². The average Bonchev–Trinajstić information content (AvgIpc) is 2.77. The van der Waals surface area contributed by atoms with Crippen LogP contribution >= 0.6 is 0 Å². The lowest BCUT2D eigenvalue weighted by Gasteiger charge is -2.07. The summed E-state index contributed by atoms with van der Waals surface area (Å²) in [4.78, 5) is 9.68. The van der Waals surface area contributed by atoms with Crippen LogP contribution in [-0.4, -0.2) is 9.97 Å². The van der Waals surface area contributed by atoms with Crippen molar-refractivity contribution in [3.05, 3.63) is 95.2 Å². The van der Waals surface area contributed by atoms with Crippen LogP contribution in [0.3, 0.4) is 0 Å². The highest BCUT2D eigenvalue weighted by molar-refractivity contribution is 5.80. The third-order valence-electron chi connectivity index (χ3n) is 4.89. The Labute approximate surface area is 166 Å². The van der Waals surface area contributed by atoms with Crippen LogP contribution in [0.5, 0.6) is 0 Å². The summed E-state index contributed by atoms with van der Waals surface area (Å²) in [6.07, 6.45) is 2.05. The summed E-state index contributed by atoms with van der Waals surface area (Å²) in [5.74, 6) is 6.52. The first kappa shape index (κ1) is 17.9. The van der Waals surface area contributed by atoms with Crippen LogP contribution in [0.1, 0.15) is 36.2 Å². The van der Waals surface area contributed by atoms with Gasteiger partial charge in [-0.15, -0.1) is 0 Å². The highest BCUT2D eigenvalue weighted by Gasteiger charge is 2.09. The number of aromatic nitrogens is 2. The molecule has 0 unspecified atom stereocenters. The molecule has 2 heteroatoms. The lowest BCUT2D eigenvalue weighted by molar-refractivity contribution is 1.14. The van der Waals surface area contributed by atoms with Crippen LogP contribution in [0, 0.1) is 11.8 Å². The van der Waals surface area contributed by atoms with E-state index < -0.39 is 0 Å². The lowest BCUT2D eigenvalue weighted by atomic mass is 10.0. The lowest BCUT2D eigenvalue weighted by Crippen LogP contribution is -1.96. The zero-order chi connectivity index (χ0) is 19.3. The van der Waals surface area contributed by atoms with E-state index in [0.29, 0.717) is 5.69 Å². The van der Waals surface area contributed by atoms with Crippen molar-refractivity contribution in [2.75, 3.05) is 0 Å². The summed E-state index contributed by atoms with van der Waals surface area (Å²) in [6, 6.07) is 24.8. The number of para-hydroxylation sites is 2. The Hall–Kier alpha value is -3.44. The number of benzene rings is 3. The van der Waals surface area contributed by atoms with Crippen molar-refractivity contribution in [2.45, 2.75) is 26.7 Å². The fraction of sp³-hybridized carbons (Fsp3) is 0.154. The smallest absolute Gasteiger partial charge is 0.140 e. The molecule has 3 aromatic carbocycles. The van der Waals surface area contributed by atoms with Crippen molar-refractivity contribution in [2.24, 2.45) is 0 Å². The molecule has 28 heavy (non-hydrogen) atoms. The number of aryl methyl sites for hydroxylation is 2. The van der Waals surface area contributed by atoms with Gasteiger partial charge >= 0.3 is 0 Å². The van der Waals surface area contributed by atoms with Crippen LogP contribution in [0.15, 0.2) is 72.8 Å². The molecule has 4 aromatic rings. The molecule has 0 radical (unpaired) electrons. The zero-order valence-electron chi connectivity index (χ0n) is 16.2. The molecule has 0 aliphatic heterocycles. The molecular formula is C26H22N2. The predicted molar refractivity (Wildman–Crippen MR) is 116 cm³/mol. The largest absolute Gasteiger partial charge is 0.243 e. The van der Waals surface area contributed by atoms with Crippen LogP contribution < -0.4 is 0 Å². The van der Waals surface area contributed by atoms with Crippen molar-refractivity contribution >= 4 is 11.0 Å². The maximum atomic E-state index is 4.88. The second-order valence-corrected chi connectivity index (χ2v) is 6.76. The molecule has 0 saturated heterocycles. The minimum Gasteiger partial charge on any atom is -0.243 e. The topological polar surface area (TPSA) is 25.8 Å². The van der Waals surface area contributed by atoms with Gasteiger partial charge in [0.15, 0.2) is 0 Å². The summed E-state index contributed by atoms with van der Waals surface area (Å²) in [5, 5.41) is 0. The molecule has 1 heterocycles. The minimum atomic E-state index is 0.711. The van der Waals surface area contributed by atoms with Gasteiger partial charge in [-0.25, -0.2) is 9.97 Å². The first-order valence-electron chi connectivity index (χ1n) is 9.74. The number of hydrogen-bond acceptors (Lipinski definition) is 2. The van der Waals surface area contributed by atoms with E-state index in [4.69, 9.17) is 9.97 Å². The van der Waals surface area contributed by atoms with E-state index in [-0.39, 0.29) is 0 Å². The molecule has 0 aliphatic rings. The number of hydrogen-bond donors (Lipinski definition) is 0. The van der Waals surface area contributed by atoms with Crippen molar-refractivity contribution in [3.63, 3.8) is 0 Å². The van der Waals surface area contributed by atoms with Gasteiger partial charge in [0.1, 0.15) is 11.4 Å². The fourth-order valence-electron chi connectivity index (χ4n) is 3.14. The standard InChI is InChI=1S/C26H22N2/c1-3-19-9-11-21(12-10-19)15-18-25-26(22-16-13-20(4-2)14-17-22)28-24-8-6-5-7-23(24)27-25/h5-14,16-17H,3-4H2,1-2H3. The van der Waals surface area contributed by atoms with E-state index in [0.717, 1.165) is 40.7 Å². The maximum absolute atomic E-state index is 4.88. The van der Waals surface area contributed by atoms with Crippen LogP contribution in [-0.2, 0) is 12.8 Å². The second kappa shape index (κ2) is 8.06. The van der Waals surface area contributed by atoms with E-state index in [1.54, 1.807) is 0 Å². The van der Waals surface area contributed by atoms with Gasteiger partial charge in [-0.2, -0.15) is 0 Å². The van der Waals surface area contributed by atoms with Gasteiger partial charge in [0.05, 0.1) is 11.0 Å². The Morgan fingerprint density at radius 1 is 0.643 bits per heavy atom. The molecule has 136 valence electrons. The monoisotopic (exact) mass is 362 g/mol. The Morgan fingerprint density at radius 2 is 1.21 bits per heavy atom. The number of fused-ring (bicyclic) bond motifs is 1. The highest BCUT2D eigenvalue weighted by atomic mass is 14.8. The average molecular weight is 362 g/mol. The Bertz CT molecular complexity index is 1160. The zero-order valence-corrected chi connectivity index (χ0v) is 16.2. The first-order valence-corrected chi connectivity index (χ1v) is 9.74. The van der Waals surface area contributed by atoms with Crippen molar-refractivity contribution < 1.29 is 0 Å². The van der Waals surface area contributed by atoms with E-state index in [1.165, 1.54) is 11.1 Å². The molecule has 0 atom stereocenters. The van der Waals surface area contributed by atoms with E-state index in [1.807, 2.05) is 24.3 Å². The summed E-state index contributed by atoms with van der Waals surface area (Å²) in [7, 11) is 0. The molecule has 0 N–H and O–H groups in total. The van der Waals surface area contributed by atoms with Gasteiger partial charge in [0.25, 0.3) is 0 Å². The van der Waals surface area contributed by atoms with Crippen molar-refractivity contribution in [1.29, 1.82) is 0 Å². The van der Waals surface area contributed by atoms with Gasteiger partial charge < -0.3 is 0 Å². The SMILES string of the molecule is CCc1ccc(C#Cc2nc3ccccc3nc2-c2ccc(CC)cc2)cc1. The predicted octanol–water partition coefficient (Wildman–Crippen LogP) is 5.82. The Balaban J connectivity index is 1.82. The normalized spacial score (nSPS) is 10.5. The third-order valence-corrected chi connectivity index (χ3v) is 4.89. The molecule has 0 aliphatic carbocycles. The molecule has 0 amide bonds. The van der Waals surface area contributed by atoms with Crippen LogP contribution in [0.4, 0.5) is 0 Å². The third kappa shape index (κ3) is 3.80. The molecular weight excluding hydrogens is 340 g/mol. The van der Waals surface area contributed by atoms with E-state index >= 15 is 0 Å². The van der Waals surface area contributed by atoms with Gasteiger partial charge in [-0.1, -0.05) is 68.3 Å². The van der Waals surface area contributed by atoms with Gasteiger partial charge in [-0.05, 0) is 54.2 Å². The number of nitrogens with zero attached hydrogens (tertiary/aromatic N) is 2. The van der Waals surface area contributed by atoms with Crippen LogP contribution in [0.25, 0.3) is 22.3 Å². The van der Waals surface area contributed by atoms with Gasteiger partial charge in [0.2, 0.25) is 0 Å². The highest BCUT2D eigenvalue weighted by Crippen LogP contribution is 2.23. The Morgan fingerprint density at radius 3 is 1.82 bits per heavy atom. The molecule has 0 spiro atoms. The van der Waals surface area contributed by atoms with Crippen molar-refractivity contribution in [1.82, 2.24) is 9.97 Å².